The summed E-state index contributed by atoms with van der Waals surface area (Å²) in [6.45, 7) is 4.33. The maximum Gasteiger partial charge on any atom is 0.0644 e. The molecule has 0 aromatic rings. The molecule has 1 heterocycles. The summed E-state index contributed by atoms with van der Waals surface area (Å²) < 4.78 is 0.319. The summed E-state index contributed by atoms with van der Waals surface area (Å²) in [6.07, 6.45) is 0. The fraction of sp³-hybridized carbons (Fsp3) is 1.00. The molecule has 2 unspecified atom stereocenters. The lowest BCUT2D eigenvalue weighted by molar-refractivity contribution is 0.968. The molecule has 0 spiro atoms. The molecule has 0 nitrogen and oxygen atoms in total. The summed E-state index contributed by atoms with van der Waals surface area (Å²) in [4.78, 5) is 0. The molecule has 0 aromatic carbocycles. The van der Waals surface area contributed by atoms with Crippen molar-refractivity contribution in [2.75, 3.05) is 11.5 Å². The first-order chi connectivity index (χ1) is 4.41. The molecular weight excluding hydrogens is 200 g/mol. The molecule has 1 fully saturated rings. The molecule has 4 heteroatoms. The van der Waals surface area contributed by atoms with E-state index in [-0.39, 0.29) is 8.16 Å². The monoisotopic (exact) mass is 212 g/mol. The van der Waals surface area contributed by atoms with Crippen molar-refractivity contribution in [2.24, 2.45) is 0 Å². The summed E-state index contributed by atoms with van der Waals surface area (Å²) in [5.74, 6) is 2.17. The second-order valence-electron chi connectivity index (χ2n) is 2.93. The van der Waals surface area contributed by atoms with E-state index in [1.165, 1.54) is 0 Å². The van der Waals surface area contributed by atoms with Crippen LogP contribution < -0.4 is 0 Å². The van der Waals surface area contributed by atoms with Crippen molar-refractivity contribution < 1.29 is 0 Å². The fourth-order valence-electron chi connectivity index (χ4n) is 0.662. The van der Waals surface area contributed by atoms with Crippen LogP contribution in [0.5, 0.6) is 0 Å². The predicted molar refractivity (Wildman–Crippen MR) is 59.7 cm³/mol. The smallest absolute Gasteiger partial charge is 0.0644 e. The Morgan fingerprint density at radius 1 is 1.00 bits per heavy atom. The third-order valence-corrected chi connectivity index (χ3v) is 6.16. The lowest BCUT2D eigenvalue weighted by Gasteiger charge is -2.36. The van der Waals surface area contributed by atoms with E-state index >= 15 is 0 Å². The first-order valence-electron chi connectivity index (χ1n) is 3.14. The molecular formula is C6H12S4. The molecule has 0 aliphatic carbocycles. The van der Waals surface area contributed by atoms with Gasteiger partial charge in [-0.2, -0.15) is 25.3 Å². The Hall–Kier alpha value is 1.40. The SMILES string of the molecule is CC1(S)CSC(C)(S)CS1. The molecule has 60 valence electrons. The Bertz CT molecular complexity index is 102. The molecule has 0 N–H and O–H groups in total. The van der Waals surface area contributed by atoms with E-state index in [4.69, 9.17) is 0 Å². The van der Waals surface area contributed by atoms with Crippen LogP contribution in [0.25, 0.3) is 0 Å². The van der Waals surface area contributed by atoms with Gasteiger partial charge in [0.05, 0.1) is 8.16 Å². The standard InChI is InChI=1S/C6H12S4/c1-5(7)3-10-6(2,8)4-9-5/h7-8H,3-4H2,1-2H3. The van der Waals surface area contributed by atoms with E-state index in [9.17, 15) is 0 Å². The summed E-state index contributed by atoms with van der Waals surface area (Å²) in [6, 6.07) is 0. The third-order valence-electron chi connectivity index (χ3n) is 1.30. The van der Waals surface area contributed by atoms with E-state index in [2.05, 4.69) is 39.1 Å². The second kappa shape index (κ2) is 3.04. The molecule has 0 amide bonds. The van der Waals surface area contributed by atoms with Gasteiger partial charge in [0.1, 0.15) is 0 Å². The molecule has 0 saturated carbocycles. The maximum atomic E-state index is 4.50. The van der Waals surface area contributed by atoms with Crippen molar-refractivity contribution in [1.82, 2.24) is 0 Å². The second-order valence-corrected chi connectivity index (χ2v) is 8.46. The van der Waals surface area contributed by atoms with Crippen LogP contribution >= 0.6 is 48.8 Å². The van der Waals surface area contributed by atoms with Crippen molar-refractivity contribution in [3.05, 3.63) is 0 Å². The van der Waals surface area contributed by atoms with E-state index in [0.29, 0.717) is 0 Å². The first kappa shape index (κ1) is 9.49. The van der Waals surface area contributed by atoms with Gasteiger partial charge in [-0.3, -0.25) is 0 Å². The normalized spacial score (nSPS) is 49.2. The van der Waals surface area contributed by atoms with Crippen molar-refractivity contribution in [1.29, 1.82) is 0 Å². The molecule has 1 rings (SSSR count). The van der Waals surface area contributed by atoms with Crippen LogP contribution in [0, 0.1) is 0 Å². The third kappa shape index (κ3) is 2.80. The summed E-state index contributed by atoms with van der Waals surface area (Å²) in [5, 5.41) is 0. The largest absolute Gasteiger partial charge is 0.161 e. The van der Waals surface area contributed by atoms with Gasteiger partial charge in [-0.05, 0) is 13.8 Å². The molecule has 1 aliphatic rings. The predicted octanol–water partition coefficient (Wildman–Crippen LogP) is 2.76. The van der Waals surface area contributed by atoms with Crippen LogP contribution in [0.4, 0.5) is 0 Å². The number of thiol groups is 2. The van der Waals surface area contributed by atoms with Crippen LogP contribution in [-0.2, 0) is 0 Å². The minimum atomic E-state index is 0.160. The highest BCUT2D eigenvalue weighted by molar-refractivity contribution is 8.19. The summed E-state index contributed by atoms with van der Waals surface area (Å²) in [5.41, 5.74) is 0. The average Bonchev–Trinajstić information content (AvgIpc) is 1.79. The van der Waals surface area contributed by atoms with Gasteiger partial charge < -0.3 is 0 Å². The van der Waals surface area contributed by atoms with Crippen molar-refractivity contribution >= 4 is 48.8 Å². The maximum absolute atomic E-state index is 4.50. The lowest BCUT2D eigenvalue weighted by Crippen LogP contribution is -2.30. The lowest BCUT2D eigenvalue weighted by atomic mass is 10.5. The van der Waals surface area contributed by atoms with E-state index < -0.39 is 0 Å². The van der Waals surface area contributed by atoms with E-state index in [1.54, 1.807) is 0 Å². The molecule has 1 aliphatic heterocycles. The van der Waals surface area contributed by atoms with Crippen LogP contribution in [0.3, 0.4) is 0 Å². The number of hydrogen-bond acceptors (Lipinski definition) is 4. The fourth-order valence-corrected chi connectivity index (χ4v) is 3.61. The number of rotatable bonds is 0. The summed E-state index contributed by atoms with van der Waals surface area (Å²) >= 11 is 12.8. The minimum absolute atomic E-state index is 0.160. The van der Waals surface area contributed by atoms with Gasteiger partial charge in [-0.15, -0.1) is 23.5 Å². The van der Waals surface area contributed by atoms with Crippen molar-refractivity contribution in [3.63, 3.8) is 0 Å². The Balaban J connectivity index is 2.46. The Morgan fingerprint density at radius 2 is 1.30 bits per heavy atom. The molecule has 0 radical (unpaired) electrons. The van der Waals surface area contributed by atoms with E-state index in [1.807, 2.05) is 23.5 Å². The van der Waals surface area contributed by atoms with Gasteiger partial charge in [0.25, 0.3) is 0 Å². The molecule has 1 saturated heterocycles. The van der Waals surface area contributed by atoms with Gasteiger partial charge in [0.15, 0.2) is 0 Å². The highest BCUT2D eigenvalue weighted by Crippen LogP contribution is 2.47. The van der Waals surface area contributed by atoms with Gasteiger partial charge in [0, 0.05) is 11.5 Å². The summed E-state index contributed by atoms with van der Waals surface area (Å²) in [7, 11) is 0. The minimum Gasteiger partial charge on any atom is -0.161 e. The number of thioether (sulfide) groups is 2. The Morgan fingerprint density at radius 3 is 1.50 bits per heavy atom. The van der Waals surface area contributed by atoms with Gasteiger partial charge in [-0.25, -0.2) is 0 Å². The van der Waals surface area contributed by atoms with Crippen LogP contribution in [0.15, 0.2) is 0 Å². The quantitative estimate of drug-likeness (QED) is 0.593. The number of hydrogen-bond donors (Lipinski definition) is 2. The molecule has 10 heavy (non-hydrogen) atoms. The molecule has 0 bridgehead atoms. The highest BCUT2D eigenvalue weighted by atomic mass is 32.2. The zero-order valence-electron chi connectivity index (χ0n) is 6.13. The average molecular weight is 212 g/mol. The topological polar surface area (TPSA) is 0 Å². The first-order valence-corrected chi connectivity index (χ1v) is 6.01. The zero-order valence-corrected chi connectivity index (χ0v) is 9.55. The van der Waals surface area contributed by atoms with Crippen LogP contribution in [-0.4, -0.2) is 19.7 Å². The molecule has 0 aromatic heterocycles. The van der Waals surface area contributed by atoms with Crippen LogP contribution in [0.1, 0.15) is 13.8 Å². The van der Waals surface area contributed by atoms with Gasteiger partial charge in [0.2, 0.25) is 0 Å². The van der Waals surface area contributed by atoms with Gasteiger partial charge in [-0.1, -0.05) is 0 Å². The Kier molecular flexibility index (Phi) is 2.88. The van der Waals surface area contributed by atoms with E-state index in [0.717, 1.165) is 11.5 Å². The van der Waals surface area contributed by atoms with Crippen molar-refractivity contribution in [2.45, 2.75) is 22.0 Å². The highest BCUT2D eigenvalue weighted by Gasteiger charge is 2.33. The Labute approximate surface area is 82.1 Å². The van der Waals surface area contributed by atoms with Gasteiger partial charge >= 0.3 is 0 Å². The van der Waals surface area contributed by atoms with Crippen molar-refractivity contribution in [3.8, 4) is 0 Å². The zero-order chi connectivity index (χ0) is 7.83. The molecule has 2 atom stereocenters. The van der Waals surface area contributed by atoms with Crippen LogP contribution in [0.2, 0.25) is 0 Å².